The average molecular weight is 402 g/mol. The molecule has 0 aliphatic carbocycles. The maximum absolute atomic E-state index is 13.0. The first kappa shape index (κ1) is 21.5. The van der Waals surface area contributed by atoms with E-state index in [0.717, 1.165) is 12.8 Å². The summed E-state index contributed by atoms with van der Waals surface area (Å²) in [4.78, 5) is 27.7. The molecule has 0 spiro atoms. The van der Waals surface area contributed by atoms with Gasteiger partial charge in [0.25, 0.3) is 0 Å². The first-order valence-electron chi connectivity index (χ1n) is 10.3. The zero-order chi connectivity index (χ0) is 21.5. The van der Waals surface area contributed by atoms with E-state index >= 15 is 0 Å². The second-order valence-electron chi connectivity index (χ2n) is 7.72. The van der Waals surface area contributed by atoms with Crippen molar-refractivity contribution in [1.29, 1.82) is 5.26 Å². The molecule has 5 heteroatoms. The predicted molar refractivity (Wildman–Crippen MR) is 117 cm³/mol. The first-order valence-corrected chi connectivity index (χ1v) is 10.3. The molecule has 1 fully saturated rings. The van der Waals surface area contributed by atoms with Gasteiger partial charge in [0.2, 0.25) is 5.91 Å². The summed E-state index contributed by atoms with van der Waals surface area (Å²) >= 11 is 0. The molecule has 0 bridgehead atoms. The van der Waals surface area contributed by atoms with Gasteiger partial charge in [-0.25, -0.2) is 0 Å². The maximum atomic E-state index is 13.0. The number of nitrogens with two attached hydrogens (primary N) is 1. The molecule has 30 heavy (non-hydrogen) atoms. The summed E-state index contributed by atoms with van der Waals surface area (Å²) in [5.41, 5.74) is 8.56. The number of hydrogen-bond donors (Lipinski definition) is 1. The standard InChI is InChI=1S/C25H27N3O2/c1-2-7-21-16-22(23(27)24(29)20-13-11-19(17-26)12-14-20)28(25(21)30)15-6-10-18-8-4-3-5-9-18/h2-5,8-9,11-14,21-23H,1,6-7,10,15-16,27H2/t21-,22+,23?/m1/s1. The normalized spacial score (nSPS) is 19.3. The summed E-state index contributed by atoms with van der Waals surface area (Å²) in [6.45, 7) is 4.33. The molecule has 2 N–H and O–H groups in total. The van der Waals surface area contributed by atoms with Gasteiger partial charge in [0.05, 0.1) is 23.7 Å². The van der Waals surface area contributed by atoms with Crippen LogP contribution in [0.15, 0.2) is 67.3 Å². The van der Waals surface area contributed by atoms with E-state index in [-0.39, 0.29) is 23.7 Å². The quantitative estimate of drug-likeness (QED) is 0.515. The van der Waals surface area contributed by atoms with Crippen LogP contribution in [0.4, 0.5) is 0 Å². The van der Waals surface area contributed by atoms with Crippen LogP contribution in [-0.2, 0) is 11.2 Å². The van der Waals surface area contributed by atoms with Gasteiger partial charge < -0.3 is 10.6 Å². The number of benzene rings is 2. The molecule has 0 radical (unpaired) electrons. The highest BCUT2D eigenvalue weighted by Gasteiger charge is 2.43. The highest BCUT2D eigenvalue weighted by molar-refractivity contribution is 6.01. The van der Waals surface area contributed by atoms with Crippen LogP contribution in [0.2, 0.25) is 0 Å². The van der Waals surface area contributed by atoms with Gasteiger partial charge in [0.1, 0.15) is 0 Å². The van der Waals surface area contributed by atoms with E-state index in [2.05, 4.69) is 18.7 Å². The van der Waals surface area contributed by atoms with Crippen LogP contribution in [0.25, 0.3) is 0 Å². The Kier molecular flexibility index (Phi) is 7.16. The molecular formula is C25H27N3O2. The Morgan fingerprint density at radius 3 is 2.57 bits per heavy atom. The summed E-state index contributed by atoms with van der Waals surface area (Å²) in [6, 6.07) is 17.5. The first-order chi connectivity index (χ1) is 14.5. The molecule has 154 valence electrons. The predicted octanol–water partition coefficient (Wildman–Crippen LogP) is 3.49. The van der Waals surface area contributed by atoms with E-state index in [1.54, 1.807) is 35.2 Å². The van der Waals surface area contributed by atoms with Crippen molar-refractivity contribution in [2.45, 2.75) is 37.8 Å². The molecule has 1 heterocycles. The number of Topliss-reactive ketones (excluding diaryl/α,β-unsaturated/α-hetero) is 1. The third-order valence-electron chi connectivity index (χ3n) is 5.73. The number of aryl methyl sites for hydroxylation is 1. The van der Waals surface area contributed by atoms with E-state index in [1.807, 2.05) is 24.3 Å². The Hall–Kier alpha value is -3.23. The lowest BCUT2D eigenvalue weighted by atomic mass is 9.93. The van der Waals surface area contributed by atoms with Crippen molar-refractivity contribution in [3.05, 3.63) is 83.9 Å². The third-order valence-corrected chi connectivity index (χ3v) is 5.73. The summed E-state index contributed by atoms with van der Waals surface area (Å²) < 4.78 is 0. The molecule has 3 rings (SSSR count). The molecular weight excluding hydrogens is 374 g/mol. The van der Waals surface area contributed by atoms with Crippen molar-refractivity contribution >= 4 is 11.7 Å². The van der Waals surface area contributed by atoms with Gasteiger partial charge in [-0.15, -0.1) is 6.58 Å². The van der Waals surface area contributed by atoms with Gasteiger partial charge in [0, 0.05) is 18.0 Å². The van der Waals surface area contributed by atoms with Crippen LogP contribution in [0, 0.1) is 17.2 Å². The number of nitrogens with zero attached hydrogens (tertiary/aromatic N) is 2. The van der Waals surface area contributed by atoms with Crippen LogP contribution in [0.3, 0.4) is 0 Å². The average Bonchev–Trinajstić information content (AvgIpc) is 3.09. The highest BCUT2D eigenvalue weighted by Crippen LogP contribution is 2.30. The van der Waals surface area contributed by atoms with E-state index in [9.17, 15) is 9.59 Å². The van der Waals surface area contributed by atoms with Gasteiger partial charge in [0.15, 0.2) is 5.78 Å². The van der Waals surface area contributed by atoms with Crippen molar-refractivity contribution in [1.82, 2.24) is 4.90 Å². The summed E-state index contributed by atoms with van der Waals surface area (Å²) in [5.74, 6) is -0.329. The molecule has 3 atom stereocenters. The monoisotopic (exact) mass is 401 g/mol. The van der Waals surface area contributed by atoms with Crippen LogP contribution in [0.5, 0.6) is 0 Å². The zero-order valence-electron chi connectivity index (χ0n) is 17.0. The number of rotatable bonds is 9. The SMILES string of the molecule is C=CC[C@@H]1C[C@@H](C(N)C(=O)c2ccc(C#N)cc2)N(CCCc2ccccc2)C1=O. The zero-order valence-corrected chi connectivity index (χ0v) is 17.0. The second kappa shape index (κ2) is 10.00. The molecule has 5 nitrogen and oxygen atoms in total. The fourth-order valence-electron chi connectivity index (χ4n) is 4.11. The summed E-state index contributed by atoms with van der Waals surface area (Å²) in [5, 5.41) is 8.95. The number of carbonyl (C=O) groups excluding carboxylic acids is 2. The highest BCUT2D eigenvalue weighted by atomic mass is 16.2. The minimum absolute atomic E-state index is 0.0519. The lowest BCUT2D eigenvalue weighted by Crippen LogP contribution is -2.50. The smallest absolute Gasteiger partial charge is 0.226 e. The van der Waals surface area contributed by atoms with E-state index in [4.69, 9.17) is 11.0 Å². The molecule has 0 saturated carbocycles. The van der Waals surface area contributed by atoms with E-state index in [1.165, 1.54) is 5.56 Å². The number of nitriles is 1. The van der Waals surface area contributed by atoms with Crippen LogP contribution < -0.4 is 5.73 Å². The van der Waals surface area contributed by atoms with E-state index in [0.29, 0.717) is 30.5 Å². The van der Waals surface area contributed by atoms with E-state index < -0.39 is 6.04 Å². The fraction of sp³-hybridized carbons (Fsp3) is 0.320. The largest absolute Gasteiger partial charge is 0.337 e. The maximum Gasteiger partial charge on any atom is 0.226 e. The number of likely N-dealkylation sites (tertiary alicyclic amines) is 1. The van der Waals surface area contributed by atoms with Crippen molar-refractivity contribution in [3.63, 3.8) is 0 Å². The Labute approximate surface area is 177 Å². The molecule has 0 aromatic heterocycles. The van der Waals surface area contributed by atoms with Gasteiger partial charge in [-0.1, -0.05) is 48.5 Å². The Morgan fingerprint density at radius 1 is 1.23 bits per heavy atom. The number of carbonyl (C=O) groups is 2. The molecule has 2 aromatic rings. The Morgan fingerprint density at radius 2 is 1.93 bits per heavy atom. The summed E-state index contributed by atoms with van der Waals surface area (Å²) in [6.07, 6.45) is 4.57. The van der Waals surface area contributed by atoms with Crippen molar-refractivity contribution in [3.8, 4) is 6.07 Å². The molecule has 1 amide bonds. The summed E-state index contributed by atoms with van der Waals surface area (Å²) in [7, 11) is 0. The van der Waals surface area contributed by atoms with Gasteiger partial charge in [-0.3, -0.25) is 9.59 Å². The van der Waals surface area contributed by atoms with Crippen LogP contribution in [0.1, 0.15) is 40.7 Å². The Bertz CT molecular complexity index is 931. The van der Waals surface area contributed by atoms with Gasteiger partial charge in [-0.2, -0.15) is 5.26 Å². The number of allylic oxidation sites excluding steroid dienone is 1. The molecule has 1 aliphatic rings. The van der Waals surface area contributed by atoms with Crippen molar-refractivity contribution < 1.29 is 9.59 Å². The molecule has 1 aliphatic heterocycles. The van der Waals surface area contributed by atoms with Gasteiger partial charge >= 0.3 is 0 Å². The number of amides is 1. The number of hydrogen-bond acceptors (Lipinski definition) is 4. The third kappa shape index (κ3) is 4.84. The van der Waals surface area contributed by atoms with Crippen LogP contribution >= 0.6 is 0 Å². The molecule has 2 aromatic carbocycles. The second-order valence-corrected chi connectivity index (χ2v) is 7.72. The lowest BCUT2D eigenvalue weighted by Gasteiger charge is -2.29. The van der Waals surface area contributed by atoms with Crippen molar-refractivity contribution in [2.24, 2.45) is 11.7 Å². The minimum Gasteiger partial charge on any atom is -0.337 e. The fourth-order valence-corrected chi connectivity index (χ4v) is 4.11. The molecule has 1 unspecified atom stereocenters. The Balaban J connectivity index is 1.72. The lowest BCUT2D eigenvalue weighted by molar-refractivity contribution is -0.132. The number of ketones is 1. The minimum atomic E-state index is -0.798. The molecule has 1 saturated heterocycles. The topological polar surface area (TPSA) is 87.2 Å². The van der Waals surface area contributed by atoms with Crippen molar-refractivity contribution in [2.75, 3.05) is 6.54 Å². The van der Waals surface area contributed by atoms with Crippen LogP contribution in [-0.4, -0.2) is 35.2 Å². The van der Waals surface area contributed by atoms with Gasteiger partial charge in [-0.05, 0) is 43.4 Å².